The minimum absolute atomic E-state index is 0.167. The molecule has 2 saturated heterocycles. The van der Waals surface area contributed by atoms with Gasteiger partial charge in [0.15, 0.2) is 0 Å². The Morgan fingerprint density at radius 1 is 0.880 bits per heavy atom. The van der Waals surface area contributed by atoms with Crippen LogP contribution in [0.15, 0.2) is 30.3 Å². The van der Waals surface area contributed by atoms with Crippen molar-refractivity contribution in [2.24, 2.45) is 0 Å². The van der Waals surface area contributed by atoms with Crippen molar-refractivity contribution in [1.82, 2.24) is 20.4 Å². The smallest absolute Gasteiger partial charge is 0.221 e. The van der Waals surface area contributed by atoms with Gasteiger partial charge in [0.05, 0.1) is 6.67 Å². The van der Waals surface area contributed by atoms with Crippen LogP contribution in [0.4, 0.5) is 0 Å². The molecule has 0 aliphatic carbocycles. The lowest BCUT2D eigenvalue weighted by atomic mass is 10.0. The molecular formula is C20H32N4O. The lowest BCUT2D eigenvalue weighted by molar-refractivity contribution is -0.122. The van der Waals surface area contributed by atoms with Crippen molar-refractivity contribution in [3.63, 3.8) is 0 Å². The average Bonchev–Trinajstić information content (AvgIpc) is 2.65. The molecular weight excluding hydrogens is 312 g/mol. The van der Waals surface area contributed by atoms with Gasteiger partial charge in [-0.05, 0) is 50.9 Å². The Morgan fingerprint density at radius 2 is 1.68 bits per heavy atom. The Hall–Kier alpha value is -1.43. The first-order valence-corrected chi connectivity index (χ1v) is 9.82. The molecule has 2 unspecified atom stereocenters. The number of amides is 1. The summed E-state index contributed by atoms with van der Waals surface area (Å²) < 4.78 is 0. The molecule has 3 atom stereocenters. The molecule has 0 radical (unpaired) electrons. The zero-order valence-corrected chi connectivity index (χ0v) is 15.3. The molecule has 2 N–H and O–H groups in total. The molecule has 1 aromatic rings. The lowest BCUT2D eigenvalue weighted by Crippen LogP contribution is -2.47. The van der Waals surface area contributed by atoms with Gasteiger partial charge in [0.1, 0.15) is 0 Å². The van der Waals surface area contributed by atoms with Gasteiger partial charge in [-0.2, -0.15) is 0 Å². The first kappa shape index (κ1) is 18.4. The van der Waals surface area contributed by atoms with Crippen LogP contribution in [0.5, 0.6) is 0 Å². The Morgan fingerprint density at radius 3 is 2.56 bits per heavy atom. The maximum absolute atomic E-state index is 12.5. The van der Waals surface area contributed by atoms with Crippen molar-refractivity contribution in [3.8, 4) is 0 Å². The lowest BCUT2D eigenvalue weighted by Gasteiger charge is -2.40. The van der Waals surface area contributed by atoms with Crippen molar-refractivity contribution >= 4 is 5.91 Å². The van der Waals surface area contributed by atoms with Crippen molar-refractivity contribution < 1.29 is 4.79 Å². The van der Waals surface area contributed by atoms with Crippen LogP contribution in [0.3, 0.4) is 0 Å². The summed E-state index contributed by atoms with van der Waals surface area (Å²) in [5.74, 6) is 0.167. The number of nitrogens with one attached hydrogen (secondary N) is 2. The van der Waals surface area contributed by atoms with E-state index in [0.29, 0.717) is 6.42 Å². The van der Waals surface area contributed by atoms with Crippen molar-refractivity contribution in [2.45, 2.75) is 38.1 Å². The van der Waals surface area contributed by atoms with E-state index in [1.54, 1.807) is 0 Å². The van der Waals surface area contributed by atoms with Gasteiger partial charge in [-0.25, -0.2) is 0 Å². The number of hydrogen-bond donors (Lipinski definition) is 2. The van der Waals surface area contributed by atoms with E-state index in [4.69, 9.17) is 0 Å². The molecule has 2 aliphatic rings. The largest absolute Gasteiger partial charge is 0.356 e. The maximum Gasteiger partial charge on any atom is 0.221 e. The summed E-state index contributed by atoms with van der Waals surface area (Å²) in [6, 6.07) is 10.7. The molecule has 25 heavy (non-hydrogen) atoms. The fourth-order valence-electron chi connectivity index (χ4n) is 3.86. The highest BCUT2D eigenvalue weighted by Gasteiger charge is 2.27. The van der Waals surface area contributed by atoms with Gasteiger partial charge < -0.3 is 10.6 Å². The third-order valence-corrected chi connectivity index (χ3v) is 5.24. The molecule has 3 rings (SSSR count). The second-order valence-corrected chi connectivity index (χ2v) is 7.22. The molecule has 1 aromatic carbocycles. The first-order valence-electron chi connectivity index (χ1n) is 9.82. The maximum atomic E-state index is 12.5. The Balaban J connectivity index is 1.73. The number of benzene rings is 1. The zero-order valence-electron chi connectivity index (χ0n) is 15.3. The minimum Gasteiger partial charge on any atom is -0.356 e. The third kappa shape index (κ3) is 5.80. The standard InChI is InChI=1S/C20H32N4O/c25-20-16-19(18-8-2-1-3-9-18)24-15-7-14-23(17-24)13-5-4-10-21-11-6-12-22-20/h1-3,8-9,19,21H,4-7,10-17H2,(H,22,25)/t19-/m0/s1. The van der Waals surface area contributed by atoms with Crippen LogP contribution in [0.2, 0.25) is 0 Å². The minimum atomic E-state index is 0.167. The fraction of sp³-hybridized carbons (Fsp3) is 0.650. The highest BCUT2D eigenvalue weighted by atomic mass is 16.1. The second-order valence-electron chi connectivity index (χ2n) is 7.22. The number of carbonyl (C=O) groups excluding carboxylic acids is 1. The van der Waals surface area contributed by atoms with E-state index in [9.17, 15) is 4.79 Å². The molecule has 0 saturated carbocycles. The molecule has 1 amide bonds. The number of rotatable bonds is 1. The molecule has 5 nitrogen and oxygen atoms in total. The quantitative estimate of drug-likeness (QED) is 0.818. The highest BCUT2D eigenvalue weighted by molar-refractivity contribution is 5.76. The first-order chi connectivity index (χ1) is 12.3. The van der Waals surface area contributed by atoms with Gasteiger partial charge in [0.25, 0.3) is 0 Å². The molecule has 2 aliphatic heterocycles. The van der Waals surface area contributed by atoms with Crippen LogP contribution in [-0.2, 0) is 4.79 Å². The number of fused-ring (bicyclic) bond motifs is 2. The topological polar surface area (TPSA) is 47.6 Å². The van der Waals surface area contributed by atoms with Crippen LogP contribution in [0.1, 0.15) is 43.7 Å². The summed E-state index contributed by atoms with van der Waals surface area (Å²) in [6.45, 7) is 7.21. The van der Waals surface area contributed by atoms with E-state index >= 15 is 0 Å². The van der Waals surface area contributed by atoms with Crippen molar-refractivity contribution in [1.29, 1.82) is 0 Å². The molecule has 5 heteroatoms. The number of nitrogens with zero attached hydrogens (tertiary/aromatic N) is 2. The summed E-state index contributed by atoms with van der Waals surface area (Å²) in [7, 11) is 0. The summed E-state index contributed by atoms with van der Waals surface area (Å²) >= 11 is 0. The van der Waals surface area contributed by atoms with E-state index in [0.717, 1.165) is 45.8 Å². The summed E-state index contributed by atoms with van der Waals surface area (Å²) in [6.07, 6.45) is 5.20. The van der Waals surface area contributed by atoms with Crippen LogP contribution >= 0.6 is 0 Å². The second kappa shape index (κ2) is 9.90. The predicted octanol–water partition coefficient (Wildman–Crippen LogP) is 1.97. The Labute approximate surface area is 151 Å². The summed E-state index contributed by atoms with van der Waals surface area (Å²) in [4.78, 5) is 17.5. The summed E-state index contributed by atoms with van der Waals surface area (Å²) in [5, 5.41) is 6.59. The monoisotopic (exact) mass is 344 g/mol. The van der Waals surface area contributed by atoms with E-state index in [1.165, 1.54) is 31.4 Å². The number of hydrogen-bond acceptors (Lipinski definition) is 4. The van der Waals surface area contributed by atoms with E-state index in [2.05, 4.69) is 44.7 Å². The van der Waals surface area contributed by atoms with Crippen LogP contribution in [0.25, 0.3) is 0 Å². The zero-order chi connectivity index (χ0) is 17.3. The van der Waals surface area contributed by atoms with E-state index < -0.39 is 0 Å². The van der Waals surface area contributed by atoms with Gasteiger partial charge in [-0.3, -0.25) is 14.6 Å². The van der Waals surface area contributed by atoms with E-state index in [1.807, 2.05) is 6.07 Å². The summed E-state index contributed by atoms with van der Waals surface area (Å²) in [5.41, 5.74) is 1.26. The van der Waals surface area contributed by atoms with Crippen molar-refractivity contribution in [3.05, 3.63) is 35.9 Å². The molecule has 2 fully saturated rings. The molecule has 138 valence electrons. The highest BCUT2D eigenvalue weighted by Crippen LogP contribution is 2.26. The van der Waals surface area contributed by atoms with Crippen LogP contribution in [0, 0.1) is 0 Å². The molecule has 2 heterocycles. The van der Waals surface area contributed by atoms with Crippen molar-refractivity contribution in [2.75, 3.05) is 45.9 Å². The SMILES string of the molecule is O=C1C[C@@H](c2ccccc2)N2CCCN(CCCCNCCCN1)C2. The molecule has 2 bridgehead atoms. The van der Waals surface area contributed by atoms with Gasteiger partial charge in [0.2, 0.25) is 5.91 Å². The molecule has 0 spiro atoms. The van der Waals surface area contributed by atoms with Gasteiger partial charge in [0, 0.05) is 32.1 Å². The Kier molecular flexibility index (Phi) is 7.27. The fourth-order valence-corrected chi connectivity index (χ4v) is 3.86. The normalized spacial score (nSPS) is 29.9. The van der Waals surface area contributed by atoms with Gasteiger partial charge in [-0.15, -0.1) is 0 Å². The predicted molar refractivity (Wildman–Crippen MR) is 101 cm³/mol. The van der Waals surface area contributed by atoms with Gasteiger partial charge in [-0.1, -0.05) is 30.3 Å². The van der Waals surface area contributed by atoms with Crippen LogP contribution in [-0.4, -0.2) is 61.6 Å². The average molecular weight is 345 g/mol. The van der Waals surface area contributed by atoms with E-state index in [-0.39, 0.29) is 11.9 Å². The molecule has 0 aromatic heterocycles. The Bertz CT molecular complexity index is 522. The number of carbonyl (C=O) groups is 1. The van der Waals surface area contributed by atoms with Crippen LogP contribution < -0.4 is 10.6 Å². The van der Waals surface area contributed by atoms with Gasteiger partial charge >= 0.3 is 0 Å². The third-order valence-electron chi connectivity index (χ3n) is 5.24.